The molecule has 126 valence electrons. The van der Waals surface area contributed by atoms with E-state index in [1.165, 1.54) is 25.7 Å². The van der Waals surface area contributed by atoms with Crippen LogP contribution in [0.5, 0.6) is 0 Å². The predicted molar refractivity (Wildman–Crippen MR) is 94.6 cm³/mol. The molecular weight excluding hydrogens is 264 g/mol. The third kappa shape index (κ3) is 1.07. The molecule has 4 aliphatic rings. The molecule has 0 saturated heterocycles. The van der Waals surface area contributed by atoms with Gasteiger partial charge in [0, 0.05) is 0 Å². The molecule has 0 nitrogen and oxygen atoms in total. The van der Waals surface area contributed by atoms with Crippen molar-refractivity contribution in [3.05, 3.63) is 0 Å². The van der Waals surface area contributed by atoms with Gasteiger partial charge in [-0.3, -0.25) is 0 Å². The summed E-state index contributed by atoms with van der Waals surface area (Å²) in [4.78, 5) is 0. The molecule has 22 heavy (non-hydrogen) atoms. The highest BCUT2D eigenvalue weighted by Gasteiger charge is 3.02. The second kappa shape index (κ2) is 3.50. The lowest BCUT2D eigenvalue weighted by molar-refractivity contribution is -0.146. The first-order chi connectivity index (χ1) is 9.87. The third-order valence-electron chi connectivity index (χ3n) is 11.8. The molecule has 4 saturated carbocycles. The van der Waals surface area contributed by atoms with Crippen LogP contribution in [0.15, 0.2) is 0 Å². The Hall–Kier alpha value is 0. The van der Waals surface area contributed by atoms with E-state index in [1.807, 2.05) is 0 Å². The minimum Gasteiger partial charge on any atom is -0.0622 e. The van der Waals surface area contributed by atoms with Gasteiger partial charge < -0.3 is 0 Å². The molecule has 0 heterocycles. The van der Waals surface area contributed by atoms with Crippen LogP contribution in [0.3, 0.4) is 0 Å². The van der Waals surface area contributed by atoms with Crippen LogP contribution in [0, 0.1) is 50.2 Å². The van der Waals surface area contributed by atoms with Crippen molar-refractivity contribution < 1.29 is 0 Å². The zero-order valence-electron chi connectivity index (χ0n) is 16.6. The molecule has 0 aromatic rings. The van der Waals surface area contributed by atoms with E-state index in [4.69, 9.17) is 0 Å². The lowest BCUT2D eigenvalue weighted by Crippen LogP contribution is -2.56. The van der Waals surface area contributed by atoms with Crippen LogP contribution in [0.1, 0.15) is 88.0 Å². The Morgan fingerprint density at radius 1 is 1.05 bits per heavy atom. The Bertz CT molecular complexity index is 544. The molecule has 0 aromatic heterocycles. The second-order valence-electron chi connectivity index (χ2n) is 11.5. The van der Waals surface area contributed by atoms with Crippen molar-refractivity contribution in [3.8, 4) is 0 Å². The number of hydrogen-bond acceptors (Lipinski definition) is 0. The summed E-state index contributed by atoms with van der Waals surface area (Å²) in [5.74, 6) is 2.67. The Labute approximate surface area is 138 Å². The first-order valence-electron chi connectivity index (χ1n) is 9.87. The summed E-state index contributed by atoms with van der Waals surface area (Å²) in [6, 6.07) is 0. The van der Waals surface area contributed by atoms with Crippen LogP contribution in [0.25, 0.3) is 0 Å². The highest BCUT2D eigenvalue weighted by Crippen LogP contribution is 3.07. The van der Waals surface area contributed by atoms with Gasteiger partial charge in [0.15, 0.2) is 0 Å². The summed E-state index contributed by atoms with van der Waals surface area (Å²) < 4.78 is 0. The monoisotopic (exact) mass is 302 g/mol. The fourth-order valence-electron chi connectivity index (χ4n) is 8.59. The topological polar surface area (TPSA) is 0 Å². The summed E-state index contributed by atoms with van der Waals surface area (Å²) in [6.07, 6.45) is 5.96. The molecule has 0 amide bonds. The standard InChI is InChI=1S/C22H38/c1-14(2)17(4,5)20(8)12-16-21(9)19(7)11-10-15(3)18(20,6)13-22(16,19)21/h14-16H,10-13H2,1-9H3. The fourth-order valence-corrected chi connectivity index (χ4v) is 8.59. The van der Waals surface area contributed by atoms with E-state index < -0.39 is 0 Å². The van der Waals surface area contributed by atoms with Crippen LogP contribution in [0.4, 0.5) is 0 Å². The molecule has 0 heteroatoms. The van der Waals surface area contributed by atoms with Crippen LogP contribution < -0.4 is 0 Å². The molecule has 0 radical (unpaired) electrons. The summed E-state index contributed by atoms with van der Waals surface area (Å²) >= 11 is 0. The molecule has 0 N–H and O–H groups in total. The molecule has 0 aromatic carbocycles. The minimum absolute atomic E-state index is 0.420. The maximum atomic E-state index is 2.69. The average Bonchev–Trinajstić information content (AvgIpc) is 3.12. The molecule has 4 rings (SSSR count). The second-order valence-corrected chi connectivity index (χ2v) is 11.5. The SMILES string of the molecule is CC(C)C(C)(C)C1(C)CC2C3(C)C4(C)CCC(C)C1(C)CC243. The third-order valence-corrected chi connectivity index (χ3v) is 11.8. The molecule has 1 spiro atoms. The lowest BCUT2D eigenvalue weighted by atomic mass is 9.41. The van der Waals surface area contributed by atoms with Crippen molar-refractivity contribution in [2.24, 2.45) is 50.2 Å². The van der Waals surface area contributed by atoms with Gasteiger partial charge in [0.1, 0.15) is 0 Å². The van der Waals surface area contributed by atoms with E-state index >= 15 is 0 Å². The van der Waals surface area contributed by atoms with Gasteiger partial charge in [-0.25, -0.2) is 0 Å². The summed E-state index contributed by atoms with van der Waals surface area (Å²) in [5, 5.41) is 0. The molecule has 0 aliphatic heterocycles. The molecule has 4 aliphatic carbocycles. The van der Waals surface area contributed by atoms with Crippen molar-refractivity contribution in [2.45, 2.75) is 88.0 Å². The van der Waals surface area contributed by atoms with Gasteiger partial charge in [-0.15, -0.1) is 0 Å². The summed E-state index contributed by atoms with van der Waals surface area (Å²) in [5.41, 5.74) is 3.55. The quantitative estimate of drug-likeness (QED) is 0.542. The van der Waals surface area contributed by atoms with E-state index in [0.717, 1.165) is 23.2 Å². The van der Waals surface area contributed by atoms with Gasteiger partial charge in [-0.1, -0.05) is 62.3 Å². The van der Waals surface area contributed by atoms with Crippen molar-refractivity contribution >= 4 is 0 Å². The van der Waals surface area contributed by atoms with Gasteiger partial charge in [0.05, 0.1) is 0 Å². The van der Waals surface area contributed by atoms with Gasteiger partial charge in [-0.2, -0.15) is 0 Å². The van der Waals surface area contributed by atoms with Crippen molar-refractivity contribution in [1.29, 1.82) is 0 Å². The lowest BCUT2D eigenvalue weighted by Gasteiger charge is -2.63. The fraction of sp³-hybridized carbons (Fsp3) is 1.00. The highest BCUT2D eigenvalue weighted by atomic mass is 15.1. The Kier molecular flexibility index (Phi) is 2.47. The van der Waals surface area contributed by atoms with Gasteiger partial charge >= 0.3 is 0 Å². The molecule has 7 atom stereocenters. The number of rotatable bonds is 2. The van der Waals surface area contributed by atoms with Crippen LogP contribution in [-0.2, 0) is 0 Å². The van der Waals surface area contributed by atoms with Gasteiger partial charge in [-0.05, 0) is 75.9 Å². The normalized spacial score (nSPS) is 62.5. The highest BCUT2D eigenvalue weighted by molar-refractivity contribution is 5.49. The van der Waals surface area contributed by atoms with E-state index in [9.17, 15) is 0 Å². The first-order valence-corrected chi connectivity index (χ1v) is 9.87. The molecule has 7 unspecified atom stereocenters. The number of hydrogen-bond donors (Lipinski definition) is 0. The smallest absolute Gasteiger partial charge is 0.0136 e. The van der Waals surface area contributed by atoms with Gasteiger partial charge in [0.25, 0.3) is 0 Å². The molecular formula is C22H38. The predicted octanol–water partition coefficient (Wildman–Crippen LogP) is 6.55. The van der Waals surface area contributed by atoms with Crippen LogP contribution in [-0.4, -0.2) is 0 Å². The molecule has 4 fully saturated rings. The largest absolute Gasteiger partial charge is 0.0622 e. The van der Waals surface area contributed by atoms with E-state index in [1.54, 1.807) is 0 Å². The molecule has 2 bridgehead atoms. The maximum Gasteiger partial charge on any atom is -0.0136 e. The van der Waals surface area contributed by atoms with E-state index in [2.05, 4.69) is 62.3 Å². The van der Waals surface area contributed by atoms with E-state index in [-0.39, 0.29) is 0 Å². The Morgan fingerprint density at radius 2 is 1.64 bits per heavy atom. The maximum absolute atomic E-state index is 2.69. The van der Waals surface area contributed by atoms with Crippen molar-refractivity contribution in [1.82, 2.24) is 0 Å². The van der Waals surface area contributed by atoms with Crippen LogP contribution in [0.2, 0.25) is 0 Å². The van der Waals surface area contributed by atoms with Gasteiger partial charge in [0.2, 0.25) is 0 Å². The zero-order chi connectivity index (χ0) is 16.6. The van der Waals surface area contributed by atoms with Crippen LogP contribution >= 0.6 is 0 Å². The zero-order valence-corrected chi connectivity index (χ0v) is 16.6. The van der Waals surface area contributed by atoms with E-state index in [0.29, 0.717) is 27.1 Å². The minimum atomic E-state index is 0.420. The Balaban J connectivity index is 1.85. The van der Waals surface area contributed by atoms with Crippen molar-refractivity contribution in [2.75, 3.05) is 0 Å². The number of fused-ring (bicyclic) bond motifs is 3. The first kappa shape index (κ1) is 15.5. The average molecular weight is 303 g/mol. The van der Waals surface area contributed by atoms with Crippen molar-refractivity contribution in [3.63, 3.8) is 0 Å². The summed E-state index contributed by atoms with van der Waals surface area (Å²) in [6.45, 7) is 23.3. The Morgan fingerprint density at radius 3 is 2.18 bits per heavy atom. The summed E-state index contributed by atoms with van der Waals surface area (Å²) in [7, 11) is 0.